The fourth-order valence-electron chi connectivity index (χ4n) is 1.69. The molecule has 0 bridgehead atoms. The molecule has 1 aliphatic carbocycles. The summed E-state index contributed by atoms with van der Waals surface area (Å²) in [5.74, 6) is 1.50. The summed E-state index contributed by atoms with van der Waals surface area (Å²) in [6.07, 6.45) is 2.61. The molecule has 0 aliphatic heterocycles. The maximum absolute atomic E-state index is 11.4. The van der Waals surface area contributed by atoms with Crippen LogP contribution in [0.4, 0.5) is 0 Å². The van der Waals surface area contributed by atoms with Gasteiger partial charge in [-0.15, -0.1) is 0 Å². The van der Waals surface area contributed by atoms with Gasteiger partial charge in [0.25, 0.3) is 0 Å². The predicted octanol–water partition coefficient (Wildman–Crippen LogP) is 2.56. The zero-order valence-electron chi connectivity index (χ0n) is 8.90. The normalized spacial score (nSPS) is 26.1. The number of carbonyl (C=O) groups excluding carboxylic acids is 1. The van der Waals surface area contributed by atoms with Gasteiger partial charge in [-0.2, -0.15) is 4.37 Å². The molecular formula is C10H14N2OS2. The van der Waals surface area contributed by atoms with Crippen molar-refractivity contribution in [2.45, 2.75) is 42.7 Å². The van der Waals surface area contributed by atoms with E-state index in [0.29, 0.717) is 11.0 Å². The van der Waals surface area contributed by atoms with Crippen molar-refractivity contribution in [3.8, 4) is 0 Å². The van der Waals surface area contributed by atoms with E-state index in [0.717, 1.165) is 29.4 Å². The molecule has 3 nitrogen and oxygen atoms in total. The quantitative estimate of drug-likeness (QED) is 0.817. The first kappa shape index (κ1) is 11.1. The Balaban J connectivity index is 2.00. The lowest BCUT2D eigenvalue weighted by Gasteiger charge is -2.10. The molecule has 2 unspecified atom stereocenters. The van der Waals surface area contributed by atoms with Gasteiger partial charge in [0, 0.05) is 24.0 Å². The number of aryl methyl sites for hydroxylation is 1. The Morgan fingerprint density at radius 3 is 2.93 bits per heavy atom. The van der Waals surface area contributed by atoms with Crippen LogP contribution in [0.25, 0.3) is 0 Å². The van der Waals surface area contributed by atoms with E-state index in [1.807, 2.05) is 6.92 Å². The van der Waals surface area contributed by atoms with E-state index in [9.17, 15) is 4.79 Å². The monoisotopic (exact) mass is 242 g/mol. The zero-order chi connectivity index (χ0) is 10.8. The van der Waals surface area contributed by atoms with Crippen LogP contribution in [0.2, 0.25) is 0 Å². The number of Topliss-reactive ketones (excluding diaryl/α,β-unsaturated/α-hetero) is 1. The predicted molar refractivity (Wildman–Crippen MR) is 62.3 cm³/mol. The van der Waals surface area contributed by atoms with Crippen molar-refractivity contribution in [2.24, 2.45) is 5.92 Å². The molecule has 1 aromatic heterocycles. The molecule has 1 saturated carbocycles. The molecular weight excluding hydrogens is 228 g/mol. The summed E-state index contributed by atoms with van der Waals surface area (Å²) in [5.41, 5.74) is 0. The molecule has 0 saturated heterocycles. The molecule has 15 heavy (non-hydrogen) atoms. The van der Waals surface area contributed by atoms with Crippen molar-refractivity contribution in [3.63, 3.8) is 0 Å². The number of aromatic nitrogens is 2. The third-order valence-electron chi connectivity index (χ3n) is 2.76. The molecule has 5 heteroatoms. The van der Waals surface area contributed by atoms with Crippen LogP contribution >= 0.6 is 23.3 Å². The van der Waals surface area contributed by atoms with E-state index >= 15 is 0 Å². The van der Waals surface area contributed by atoms with Gasteiger partial charge in [-0.1, -0.05) is 25.6 Å². The summed E-state index contributed by atoms with van der Waals surface area (Å²) in [5, 5.41) is 0.412. The van der Waals surface area contributed by atoms with Gasteiger partial charge in [0.1, 0.15) is 11.6 Å². The zero-order valence-corrected chi connectivity index (χ0v) is 10.5. The second kappa shape index (κ2) is 4.61. The number of hydrogen-bond donors (Lipinski definition) is 0. The number of rotatable bonds is 3. The standard InChI is InChI=1S/C10H14N2OS2/c1-3-9-11-10(15-12-9)14-8-5-4-7(13)6(8)2/h6,8H,3-5H2,1-2H3. The second-order valence-corrected chi connectivity index (χ2v) is 6.02. The molecule has 2 rings (SSSR count). The molecule has 0 radical (unpaired) electrons. The minimum Gasteiger partial charge on any atom is -0.299 e. The average Bonchev–Trinajstić information content (AvgIpc) is 2.80. The fourth-order valence-corrected chi connectivity index (χ4v) is 3.85. The van der Waals surface area contributed by atoms with Crippen LogP contribution in [-0.2, 0) is 11.2 Å². The van der Waals surface area contributed by atoms with Crippen LogP contribution in [0.1, 0.15) is 32.5 Å². The average molecular weight is 242 g/mol. The molecule has 1 aromatic rings. The molecule has 0 N–H and O–H groups in total. The Morgan fingerprint density at radius 2 is 2.40 bits per heavy atom. The highest BCUT2D eigenvalue weighted by Gasteiger charge is 2.32. The van der Waals surface area contributed by atoms with Crippen LogP contribution in [0.3, 0.4) is 0 Å². The van der Waals surface area contributed by atoms with Gasteiger partial charge in [0.2, 0.25) is 0 Å². The molecule has 0 spiro atoms. The molecule has 1 fully saturated rings. The number of nitrogens with zero attached hydrogens (tertiary/aromatic N) is 2. The van der Waals surface area contributed by atoms with Crippen LogP contribution < -0.4 is 0 Å². The molecule has 2 atom stereocenters. The first-order chi connectivity index (χ1) is 7.20. The number of carbonyl (C=O) groups is 1. The van der Waals surface area contributed by atoms with E-state index in [4.69, 9.17) is 0 Å². The lowest BCUT2D eigenvalue weighted by Crippen LogP contribution is -2.11. The molecule has 82 valence electrons. The summed E-state index contributed by atoms with van der Waals surface area (Å²) < 4.78 is 5.26. The number of ketones is 1. The Hall–Kier alpha value is -0.420. The van der Waals surface area contributed by atoms with Crippen molar-refractivity contribution < 1.29 is 4.79 Å². The van der Waals surface area contributed by atoms with Gasteiger partial charge in [0.15, 0.2) is 4.34 Å². The largest absolute Gasteiger partial charge is 0.299 e. The summed E-state index contributed by atoms with van der Waals surface area (Å²) in [6.45, 7) is 4.08. The maximum Gasteiger partial charge on any atom is 0.170 e. The number of thioether (sulfide) groups is 1. The van der Waals surface area contributed by atoms with Crippen molar-refractivity contribution in [3.05, 3.63) is 5.82 Å². The van der Waals surface area contributed by atoms with Crippen molar-refractivity contribution in [2.75, 3.05) is 0 Å². The summed E-state index contributed by atoms with van der Waals surface area (Å²) in [7, 11) is 0. The highest BCUT2D eigenvalue weighted by Crippen LogP contribution is 2.37. The van der Waals surface area contributed by atoms with Crippen LogP contribution in [-0.4, -0.2) is 20.4 Å². The molecule has 1 aliphatic rings. The second-order valence-electron chi connectivity index (χ2n) is 3.78. The van der Waals surface area contributed by atoms with Gasteiger partial charge >= 0.3 is 0 Å². The third-order valence-corrected chi connectivity index (χ3v) is 5.06. The lowest BCUT2D eigenvalue weighted by atomic mass is 10.1. The Morgan fingerprint density at radius 1 is 1.60 bits per heavy atom. The topological polar surface area (TPSA) is 42.9 Å². The van der Waals surface area contributed by atoms with Crippen molar-refractivity contribution >= 4 is 29.1 Å². The lowest BCUT2D eigenvalue weighted by molar-refractivity contribution is -0.120. The van der Waals surface area contributed by atoms with Gasteiger partial charge in [-0.05, 0) is 18.0 Å². The van der Waals surface area contributed by atoms with Crippen LogP contribution in [0, 0.1) is 5.92 Å². The minimum absolute atomic E-state index is 0.184. The summed E-state index contributed by atoms with van der Waals surface area (Å²) >= 11 is 3.18. The smallest absolute Gasteiger partial charge is 0.170 e. The Labute approximate surface area is 97.9 Å². The molecule has 0 amide bonds. The van der Waals surface area contributed by atoms with E-state index < -0.39 is 0 Å². The van der Waals surface area contributed by atoms with Gasteiger partial charge < -0.3 is 0 Å². The van der Waals surface area contributed by atoms with Crippen molar-refractivity contribution in [1.29, 1.82) is 0 Å². The first-order valence-electron chi connectivity index (χ1n) is 5.22. The Bertz CT molecular complexity index is 364. The highest BCUT2D eigenvalue weighted by atomic mass is 32.2. The number of hydrogen-bond acceptors (Lipinski definition) is 5. The van der Waals surface area contributed by atoms with E-state index in [1.165, 1.54) is 11.5 Å². The van der Waals surface area contributed by atoms with Crippen LogP contribution in [0.15, 0.2) is 4.34 Å². The van der Waals surface area contributed by atoms with E-state index in [2.05, 4.69) is 16.3 Å². The van der Waals surface area contributed by atoms with Gasteiger partial charge in [-0.3, -0.25) is 4.79 Å². The van der Waals surface area contributed by atoms with E-state index in [-0.39, 0.29) is 5.92 Å². The van der Waals surface area contributed by atoms with Gasteiger partial charge in [-0.25, -0.2) is 4.98 Å². The fraction of sp³-hybridized carbons (Fsp3) is 0.700. The van der Waals surface area contributed by atoms with Gasteiger partial charge in [0.05, 0.1) is 0 Å². The summed E-state index contributed by atoms with van der Waals surface area (Å²) in [6, 6.07) is 0. The SMILES string of the molecule is CCc1nsc(SC2CCC(=O)C2C)n1. The Kier molecular flexibility index (Phi) is 3.41. The van der Waals surface area contributed by atoms with Crippen LogP contribution in [0.5, 0.6) is 0 Å². The maximum atomic E-state index is 11.4. The van der Waals surface area contributed by atoms with E-state index in [1.54, 1.807) is 11.8 Å². The molecule has 0 aromatic carbocycles. The summed E-state index contributed by atoms with van der Waals surface area (Å²) in [4.78, 5) is 15.8. The molecule has 1 heterocycles. The van der Waals surface area contributed by atoms with Crippen molar-refractivity contribution in [1.82, 2.24) is 9.36 Å². The first-order valence-corrected chi connectivity index (χ1v) is 6.88. The minimum atomic E-state index is 0.184. The highest BCUT2D eigenvalue weighted by molar-refractivity contribution is 8.01. The third kappa shape index (κ3) is 2.39.